The van der Waals surface area contributed by atoms with E-state index < -0.39 is 47.9 Å². The van der Waals surface area contributed by atoms with Crippen LogP contribution in [0.25, 0.3) is 0 Å². The van der Waals surface area contributed by atoms with Crippen LogP contribution >= 0.6 is 12.6 Å². The molecule has 13 heteroatoms. The van der Waals surface area contributed by atoms with Crippen molar-refractivity contribution >= 4 is 42.3 Å². The van der Waals surface area contributed by atoms with E-state index in [4.69, 9.17) is 17.2 Å². The highest BCUT2D eigenvalue weighted by Crippen LogP contribution is 2.09. The molecule has 0 radical (unpaired) electrons. The van der Waals surface area contributed by atoms with Gasteiger partial charge < -0.3 is 38.3 Å². The van der Waals surface area contributed by atoms with Crippen molar-refractivity contribution in [1.29, 1.82) is 0 Å². The summed E-state index contributed by atoms with van der Waals surface area (Å²) in [5, 5.41) is 17.0. The lowest BCUT2D eigenvalue weighted by Gasteiger charge is -2.26. The molecule has 0 aliphatic heterocycles. The Morgan fingerprint density at radius 2 is 1.54 bits per heavy atom. The van der Waals surface area contributed by atoms with E-state index in [1.54, 1.807) is 30.3 Å². The van der Waals surface area contributed by atoms with Gasteiger partial charge in [0.25, 0.3) is 0 Å². The van der Waals surface area contributed by atoms with E-state index in [1.807, 2.05) is 13.8 Å². The van der Waals surface area contributed by atoms with Gasteiger partial charge in [0, 0.05) is 18.7 Å². The number of aliphatic carboxylic acids is 1. The highest BCUT2D eigenvalue weighted by Gasteiger charge is 2.30. The van der Waals surface area contributed by atoms with Gasteiger partial charge in [0.1, 0.15) is 18.1 Å². The van der Waals surface area contributed by atoms with Crippen molar-refractivity contribution in [3.8, 4) is 0 Å². The average Bonchev–Trinajstić information content (AvgIpc) is 2.87. The molecule has 0 heterocycles. The summed E-state index contributed by atoms with van der Waals surface area (Å²) in [5.41, 5.74) is 17.5. The first-order valence-corrected chi connectivity index (χ1v) is 12.7. The van der Waals surface area contributed by atoms with Crippen molar-refractivity contribution < 1.29 is 24.3 Å². The van der Waals surface area contributed by atoms with Gasteiger partial charge in [-0.2, -0.15) is 12.6 Å². The Balaban J connectivity index is 3.12. The van der Waals surface area contributed by atoms with E-state index in [1.165, 1.54) is 0 Å². The molecular weight excluding hydrogens is 498 g/mol. The van der Waals surface area contributed by atoms with Crippen molar-refractivity contribution in [2.45, 2.75) is 63.7 Å². The van der Waals surface area contributed by atoms with Crippen LogP contribution in [0.1, 0.15) is 38.7 Å². The number of hydrogen-bond acceptors (Lipinski definition) is 7. The average molecular weight is 538 g/mol. The zero-order valence-corrected chi connectivity index (χ0v) is 22.1. The van der Waals surface area contributed by atoms with Gasteiger partial charge in [-0.25, -0.2) is 4.79 Å². The Morgan fingerprint density at radius 3 is 2.08 bits per heavy atom. The standard InChI is InChI=1S/C24H39N7O5S/c1-3-14(2)19(25)22(34)29-16(10-7-11-28-24(26)27)20(32)30-17(12-15-8-5-4-6-9-15)21(33)31-18(13-37)23(35)36/h4-6,8-9,14,16-19,37H,3,7,10-13,25H2,1-2H3,(H,29,34)(H,30,32)(H,31,33)(H,35,36)(H4,26,27,28). The highest BCUT2D eigenvalue weighted by atomic mass is 32.1. The third-order valence-electron chi connectivity index (χ3n) is 5.85. The number of amides is 3. The molecule has 5 atom stereocenters. The number of rotatable bonds is 16. The van der Waals surface area contributed by atoms with E-state index in [-0.39, 0.29) is 37.0 Å². The number of guanidine groups is 1. The Morgan fingerprint density at radius 1 is 0.973 bits per heavy atom. The van der Waals surface area contributed by atoms with Crippen molar-refractivity contribution in [1.82, 2.24) is 16.0 Å². The van der Waals surface area contributed by atoms with Gasteiger partial charge in [-0.3, -0.25) is 19.4 Å². The minimum Gasteiger partial charge on any atom is -0.480 e. The fourth-order valence-corrected chi connectivity index (χ4v) is 3.59. The minimum atomic E-state index is -1.25. The second-order valence-electron chi connectivity index (χ2n) is 8.75. The molecule has 0 aliphatic rings. The first-order valence-electron chi connectivity index (χ1n) is 12.1. The summed E-state index contributed by atoms with van der Waals surface area (Å²) in [4.78, 5) is 54.3. The predicted molar refractivity (Wildman–Crippen MR) is 145 cm³/mol. The van der Waals surface area contributed by atoms with E-state index in [0.29, 0.717) is 12.8 Å². The molecule has 5 unspecified atom stereocenters. The SMILES string of the molecule is CCC(C)C(N)C(=O)NC(CCCN=C(N)N)C(=O)NC(Cc1ccccc1)C(=O)NC(CS)C(=O)O. The summed E-state index contributed by atoms with van der Waals surface area (Å²) in [6, 6.07) is 4.72. The zero-order chi connectivity index (χ0) is 28.0. The second-order valence-corrected chi connectivity index (χ2v) is 9.12. The number of benzene rings is 1. The van der Waals surface area contributed by atoms with Crippen LogP contribution in [0.15, 0.2) is 35.3 Å². The summed E-state index contributed by atoms with van der Waals surface area (Å²) in [6.07, 6.45) is 1.31. The molecule has 1 aromatic carbocycles. The number of carbonyl (C=O) groups excluding carboxylic acids is 3. The van der Waals surface area contributed by atoms with Gasteiger partial charge >= 0.3 is 5.97 Å². The summed E-state index contributed by atoms with van der Waals surface area (Å²) in [5.74, 6) is -3.41. The van der Waals surface area contributed by atoms with Crippen molar-refractivity contribution in [3.05, 3.63) is 35.9 Å². The first kappa shape index (κ1) is 31.7. The van der Waals surface area contributed by atoms with E-state index in [2.05, 4.69) is 33.6 Å². The third kappa shape index (κ3) is 11.5. The van der Waals surface area contributed by atoms with Gasteiger partial charge in [0.2, 0.25) is 17.7 Å². The van der Waals surface area contributed by atoms with Crippen LogP contribution in [0, 0.1) is 5.92 Å². The van der Waals surface area contributed by atoms with Crippen LogP contribution in [0.3, 0.4) is 0 Å². The maximum atomic E-state index is 13.3. The highest BCUT2D eigenvalue weighted by molar-refractivity contribution is 7.80. The van der Waals surface area contributed by atoms with Crippen LogP contribution < -0.4 is 33.2 Å². The minimum absolute atomic E-state index is 0.0956. The van der Waals surface area contributed by atoms with Crippen molar-refractivity contribution in [2.24, 2.45) is 28.1 Å². The number of nitrogens with one attached hydrogen (secondary N) is 3. The summed E-state index contributed by atoms with van der Waals surface area (Å²) in [6.45, 7) is 3.97. The summed E-state index contributed by atoms with van der Waals surface area (Å²) >= 11 is 3.97. The molecule has 0 fully saturated rings. The number of aliphatic imine (C=N–C) groups is 1. The van der Waals surface area contributed by atoms with Gasteiger partial charge in [-0.15, -0.1) is 0 Å². The van der Waals surface area contributed by atoms with Gasteiger partial charge in [-0.1, -0.05) is 50.6 Å². The Hall–Kier alpha value is -3.32. The van der Waals surface area contributed by atoms with Crippen LogP contribution in [0.2, 0.25) is 0 Å². The van der Waals surface area contributed by atoms with Crippen LogP contribution in [0.5, 0.6) is 0 Å². The maximum absolute atomic E-state index is 13.3. The van der Waals surface area contributed by atoms with E-state index in [0.717, 1.165) is 5.56 Å². The summed E-state index contributed by atoms with van der Waals surface area (Å²) < 4.78 is 0. The van der Waals surface area contributed by atoms with Crippen LogP contribution in [-0.4, -0.2) is 71.2 Å². The molecule has 0 aromatic heterocycles. The molecular formula is C24H39N7O5S. The normalized spacial score (nSPS) is 14.8. The molecule has 206 valence electrons. The van der Waals surface area contributed by atoms with E-state index in [9.17, 15) is 24.3 Å². The first-order chi connectivity index (χ1) is 17.5. The topological polar surface area (TPSA) is 215 Å². The third-order valence-corrected chi connectivity index (χ3v) is 6.22. The smallest absolute Gasteiger partial charge is 0.327 e. The van der Waals surface area contributed by atoms with Crippen molar-refractivity contribution in [2.75, 3.05) is 12.3 Å². The monoisotopic (exact) mass is 537 g/mol. The zero-order valence-electron chi connectivity index (χ0n) is 21.2. The van der Waals surface area contributed by atoms with Gasteiger partial charge in [0.05, 0.1) is 6.04 Å². The molecule has 3 amide bonds. The maximum Gasteiger partial charge on any atom is 0.327 e. The molecule has 1 aromatic rings. The molecule has 0 aliphatic carbocycles. The van der Waals surface area contributed by atoms with Crippen LogP contribution in [0.4, 0.5) is 0 Å². The number of carboxylic acids is 1. The fourth-order valence-electron chi connectivity index (χ4n) is 3.34. The lowest BCUT2D eigenvalue weighted by molar-refractivity contribution is -0.141. The number of hydrogen-bond donors (Lipinski definition) is 8. The predicted octanol–water partition coefficient (Wildman–Crippen LogP) is -0.875. The van der Waals surface area contributed by atoms with Gasteiger partial charge in [0.15, 0.2) is 5.96 Å². The molecule has 0 spiro atoms. The largest absolute Gasteiger partial charge is 0.480 e. The molecule has 10 N–H and O–H groups in total. The Labute approximate surface area is 222 Å². The molecule has 0 saturated heterocycles. The van der Waals surface area contributed by atoms with Crippen molar-refractivity contribution in [3.63, 3.8) is 0 Å². The molecule has 1 rings (SSSR count). The lowest BCUT2D eigenvalue weighted by Crippen LogP contribution is -2.58. The number of nitrogens with two attached hydrogens (primary N) is 3. The van der Waals surface area contributed by atoms with Gasteiger partial charge in [-0.05, 0) is 24.3 Å². The quantitative estimate of drug-likeness (QED) is 0.0572. The Bertz CT molecular complexity index is 927. The van der Waals surface area contributed by atoms with Crippen LogP contribution in [-0.2, 0) is 25.6 Å². The number of nitrogens with zero attached hydrogens (tertiary/aromatic N) is 1. The number of carbonyl (C=O) groups is 4. The number of carboxylic acid groups (broad SMARTS) is 1. The molecule has 0 bridgehead atoms. The molecule has 12 nitrogen and oxygen atoms in total. The molecule has 37 heavy (non-hydrogen) atoms. The Kier molecular flexibility index (Phi) is 14.1. The summed E-state index contributed by atoms with van der Waals surface area (Å²) in [7, 11) is 0. The fraction of sp³-hybridized carbons (Fsp3) is 0.542. The lowest BCUT2D eigenvalue weighted by atomic mass is 9.98. The number of thiol groups is 1. The second kappa shape index (κ2) is 16.4. The van der Waals surface area contributed by atoms with E-state index >= 15 is 0 Å². The molecule has 0 saturated carbocycles.